The number of hydrogen-bond donors (Lipinski definition) is 1. The molecule has 0 saturated heterocycles. The van der Waals surface area contributed by atoms with Crippen molar-refractivity contribution in [2.24, 2.45) is 7.05 Å². The Bertz CT molecular complexity index is 668. The fraction of sp³-hybridized carbons (Fsp3) is 0.200. The molecule has 0 aliphatic carbocycles. The van der Waals surface area contributed by atoms with Gasteiger partial charge in [-0.25, -0.2) is 9.97 Å². The van der Waals surface area contributed by atoms with E-state index in [1.54, 1.807) is 0 Å². The summed E-state index contributed by atoms with van der Waals surface area (Å²) in [6.45, 7) is 0.847. The minimum atomic E-state index is 0.847. The fourth-order valence-electron chi connectivity index (χ4n) is 2.12. The average molecular weight is 267 g/mol. The van der Waals surface area contributed by atoms with Gasteiger partial charge in [-0.15, -0.1) is 0 Å². The van der Waals surface area contributed by atoms with Crippen molar-refractivity contribution in [2.45, 2.75) is 13.0 Å². The molecule has 0 aliphatic heterocycles. The van der Waals surface area contributed by atoms with Crippen LogP contribution in [0.4, 0.5) is 11.6 Å². The van der Waals surface area contributed by atoms with Crippen LogP contribution in [-0.4, -0.2) is 19.1 Å². The van der Waals surface area contributed by atoms with Gasteiger partial charge in [0.25, 0.3) is 0 Å². The maximum atomic E-state index is 4.36. The standard InChI is InChI=1S/C15H17N5/c1-19-11-8-16-14(19)7-10-20-12-9-17-15(20)18-13-5-3-2-4-6-13/h2-6,8-9,11-12H,7,10H2,1H3,(H,17,18). The zero-order valence-electron chi connectivity index (χ0n) is 11.4. The molecule has 0 unspecified atom stereocenters. The monoisotopic (exact) mass is 267 g/mol. The van der Waals surface area contributed by atoms with Crippen LogP contribution in [0.15, 0.2) is 55.1 Å². The molecule has 0 saturated carbocycles. The SMILES string of the molecule is Cn1ccnc1CCn1ccnc1Nc1ccccc1. The third-order valence-corrected chi connectivity index (χ3v) is 3.24. The number of nitrogens with one attached hydrogen (secondary N) is 1. The minimum absolute atomic E-state index is 0.847. The van der Waals surface area contributed by atoms with Gasteiger partial charge in [-0.2, -0.15) is 0 Å². The molecule has 5 heteroatoms. The molecule has 2 heterocycles. The van der Waals surface area contributed by atoms with Gasteiger partial charge in [0.15, 0.2) is 0 Å². The van der Waals surface area contributed by atoms with Crippen LogP contribution in [0.5, 0.6) is 0 Å². The second kappa shape index (κ2) is 5.61. The zero-order valence-corrected chi connectivity index (χ0v) is 11.4. The Kier molecular flexibility index (Phi) is 3.50. The molecule has 0 spiro atoms. The van der Waals surface area contributed by atoms with Gasteiger partial charge < -0.3 is 14.5 Å². The number of benzene rings is 1. The van der Waals surface area contributed by atoms with E-state index in [4.69, 9.17) is 0 Å². The third-order valence-electron chi connectivity index (χ3n) is 3.24. The van der Waals surface area contributed by atoms with Crippen LogP contribution in [0.3, 0.4) is 0 Å². The molecule has 0 radical (unpaired) electrons. The number of nitrogens with zero attached hydrogens (tertiary/aromatic N) is 4. The van der Waals surface area contributed by atoms with Crippen LogP contribution in [0.1, 0.15) is 5.82 Å². The summed E-state index contributed by atoms with van der Waals surface area (Å²) in [7, 11) is 2.01. The van der Waals surface area contributed by atoms with Crippen molar-refractivity contribution < 1.29 is 0 Å². The van der Waals surface area contributed by atoms with Crippen LogP contribution < -0.4 is 5.32 Å². The average Bonchev–Trinajstić information content (AvgIpc) is 3.07. The van der Waals surface area contributed by atoms with E-state index in [1.807, 2.05) is 66.7 Å². The van der Waals surface area contributed by atoms with E-state index in [9.17, 15) is 0 Å². The Balaban J connectivity index is 1.69. The van der Waals surface area contributed by atoms with Gasteiger partial charge in [-0.05, 0) is 12.1 Å². The van der Waals surface area contributed by atoms with Crippen LogP contribution >= 0.6 is 0 Å². The number of aryl methyl sites for hydroxylation is 3. The lowest BCUT2D eigenvalue weighted by molar-refractivity contribution is 0.656. The molecule has 20 heavy (non-hydrogen) atoms. The Labute approximate surface area is 117 Å². The molecule has 0 atom stereocenters. The van der Waals surface area contributed by atoms with Crippen molar-refractivity contribution in [1.29, 1.82) is 0 Å². The molecule has 3 aromatic rings. The zero-order chi connectivity index (χ0) is 13.8. The van der Waals surface area contributed by atoms with Crippen LogP contribution in [0.25, 0.3) is 0 Å². The Hall–Kier alpha value is -2.56. The number of para-hydroxylation sites is 1. The second-order valence-corrected chi connectivity index (χ2v) is 4.64. The summed E-state index contributed by atoms with van der Waals surface area (Å²) >= 11 is 0. The summed E-state index contributed by atoms with van der Waals surface area (Å²) in [6.07, 6.45) is 8.46. The lowest BCUT2D eigenvalue weighted by Crippen LogP contribution is -2.08. The highest BCUT2D eigenvalue weighted by molar-refractivity contribution is 5.52. The van der Waals surface area contributed by atoms with Crippen molar-refractivity contribution in [1.82, 2.24) is 19.1 Å². The van der Waals surface area contributed by atoms with Gasteiger partial charge in [-0.1, -0.05) is 18.2 Å². The summed E-state index contributed by atoms with van der Waals surface area (Å²) in [6, 6.07) is 10.1. The van der Waals surface area contributed by atoms with Crippen molar-refractivity contribution in [3.8, 4) is 0 Å². The first-order valence-corrected chi connectivity index (χ1v) is 6.62. The molecular formula is C15H17N5. The van der Waals surface area contributed by atoms with Crippen LogP contribution in [-0.2, 0) is 20.0 Å². The van der Waals surface area contributed by atoms with Gasteiger partial charge in [0, 0.05) is 50.5 Å². The largest absolute Gasteiger partial charge is 0.338 e. The Morgan fingerprint density at radius 2 is 1.85 bits per heavy atom. The van der Waals surface area contributed by atoms with Gasteiger partial charge in [0.2, 0.25) is 5.95 Å². The Morgan fingerprint density at radius 1 is 1.05 bits per heavy atom. The first kappa shape index (κ1) is 12.5. The van der Waals surface area contributed by atoms with E-state index in [0.717, 1.165) is 30.4 Å². The second-order valence-electron chi connectivity index (χ2n) is 4.64. The number of rotatable bonds is 5. The summed E-state index contributed by atoms with van der Waals surface area (Å²) in [5.74, 6) is 1.93. The van der Waals surface area contributed by atoms with Crippen molar-refractivity contribution in [3.63, 3.8) is 0 Å². The normalized spacial score (nSPS) is 10.7. The maximum absolute atomic E-state index is 4.36. The summed E-state index contributed by atoms with van der Waals surface area (Å²) in [5, 5.41) is 3.32. The summed E-state index contributed by atoms with van der Waals surface area (Å²) < 4.78 is 4.14. The van der Waals surface area contributed by atoms with E-state index in [-0.39, 0.29) is 0 Å². The van der Waals surface area contributed by atoms with Gasteiger partial charge in [0.1, 0.15) is 5.82 Å². The lowest BCUT2D eigenvalue weighted by Gasteiger charge is -2.09. The van der Waals surface area contributed by atoms with Crippen LogP contribution in [0.2, 0.25) is 0 Å². The number of anilines is 2. The molecule has 0 aliphatic rings. The number of aromatic nitrogens is 4. The van der Waals surface area contributed by atoms with Gasteiger partial charge >= 0.3 is 0 Å². The van der Waals surface area contributed by atoms with E-state index in [1.165, 1.54) is 0 Å². The quantitative estimate of drug-likeness (QED) is 0.773. The molecule has 1 N–H and O–H groups in total. The molecule has 3 rings (SSSR count). The lowest BCUT2D eigenvalue weighted by atomic mass is 10.3. The Morgan fingerprint density at radius 3 is 2.60 bits per heavy atom. The highest BCUT2D eigenvalue weighted by atomic mass is 15.2. The highest BCUT2D eigenvalue weighted by Gasteiger charge is 2.05. The molecule has 2 aromatic heterocycles. The molecule has 0 bridgehead atoms. The van der Waals surface area contributed by atoms with E-state index < -0.39 is 0 Å². The predicted octanol–water partition coefficient (Wildman–Crippen LogP) is 2.60. The minimum Gasteiger partial charge on any atom is -0.338 e. The molecule has 0 amide bonds. The van der Waals surface area contributed by atoms with Gasteiger partial charge in [-0.3, -0.25) is 0 Å². The van der Waals surface area contributed by atoms with E-state index >= 15 is 0 Å². The maximum Gasteiger partial charge on any atom is 0.207 e. The van der Waals surface area contributed by atoms with Crippen molar-refractivity contribution in [3.05, 3.63) is 60.9 Å². The predicted molar refractivity (Wildman–Crippen MR) is 78.9 cm³/mol. The first-order chi connectivity index (χ1) is 9.83. The van der Waals surface area contributed by atoms with E-state index in [2.05, 4.69) is 19.9 Å². The molecule has 102 valence electrons. The van der Waals surface area contributed by atoms with Gasteiger partial charge in [0.05, 0.1) is 0 Å². The fourth-order valence-corrected chi connectivity index (χ4v) is 2.12. The summed E-state index contributed by atoms with van der Waals surface area (Å²) in [5.41, 5.74) is 1.04. The first-order valence-electron chi connectivity index (χ1n) is 6.62. The van der Waals surface area contributed by atoms with Crippen molar-refractivity contribution in [2.75, 3.05) is 5.32 Å². The third kappa shape index (κ3) is 2.71. The van der Waals surface area contributed by atoms with Crippen LogP contribution in [0, 0.1) is 0 Å². The number of imidazole rings is 2. The molecule has 5 nitrogen and oxygen atoms in total. The number of hydrogen-bond acceptors (Lipinski definition) is 3. The topological polar surface area (TPSA) is 47.7 Å². The molecule has 1 aromatic carbocycles. The summed E-state index contributed by atoms with van der Waals surface area (Å²) in [4.78, 5) is 8.70. The molecular weight excluding hydrogens is 250 g/mol. The highest BCUT2D eigenvalue weighted by Crippen LogP contribution is 2.14. The smallest absolute Gasteiger partial charge is 0.207 e. The van der Waals surface area contributed by atoms with Crippen molar-refractivity contribution >= 4 is 11.6 Å². The van der Waals surface area contributed by atoms with E-state index in [0.29, 0.717) is 0 Å². The molecule has 0 fully saturated rings.